The number of aliphatic hydroxyl groups is 2. The maximum absolute atomic E-state index is 9.38. The maximum atomic E-state index is 9.38. The molecule has 0 amide bonds. The molecule has 0 aliphatic carbocycles. The van der Waals surface area contributed by atoms with Crippen LogP contribution in [0, 0.1) is 0 Å². The van der Waals surface area contributed by atoms with Crippen molar-refractivity contribution in [2.24, 2.45) is 0 Å². The highest BCUT2D eigenvalue weighted by Gasteiger charge is 2.16. The van der Waals surface area contributed by atoms with Crippen molar-refractivity contribution in [1.82, 2.24) is 9.80 Å². The van der Waals surface area contributed by atoms with Gasteiger partial charge in [0.1, 0.15) is 0 Å². The number of aliphatic hydroxyl groups excluding tert-OH is 2. The third-order valence-electron chi connectivity index (χ3n) is 5.52. The molecule has 25 heavy (non-hydrogen) atoms. The molecule has 0 aromatic carbocycles. The van der Waals surface area contributed by atoms with Crippen molar-refractivity contribution in [3.8, 4) is 0 Å². The van der Waals surface area contributed by atoms with Crippen LogP contribution in [0.1, 0.15) is 84.0 Å². The molecule has 0 spiro atoms. The highest BCUT2D eigenvalue weighted by molar-refractivity contribution is 4.72. The standard InChI is InChI=1S/C21H44N2O2/c1-2-3-4-5-6-7-8-9-10-11-14-22-16-18-23(19-17-22)15-12-13-21(25)20-24/h21,24-25H,2-20H2,1H3. The summed E-state index contributed by atoms with van der Waals surface area (Å²) in [6.45, 7) is 9.22. The molecule has 0 aromatic heterocycles. The Kier molecular flexibility index (Phi) is 14.7. The predicted molar refractivity (Wildman–Crippen MR) is 107 cm³/mol. The summed E-state index contributed by atoms with van der Waals surface area (Å²) in [5, 5.41) is 18.2. The summed E-state index contributed by atoms with van der Waals surface area (Å²) >= 11 is 0. The first-order valence-electron chi connectivity index (χ1n) is 11.0. The van der Waals surface area contributed by atoms with Gasteiger partial charge in [-0.2, -0.15) is 0 Å². The van der Waals surface area contributed by atoms with Gasteiger partial charge < -0.3 is 20.0 Å². The van der Waals surface area contributed by atoms with E-state index in [1.807, 2.05) is 0 Å². The molecular weight excluding hydrogens is 312 g/mol. The Bertz CT molecular complexity index is 281. The van der Waals surface area contributed by atoms with Crippen LogP contribution in [-0.4, -0.2) is 72.0 Å². The van der Waals surface area contributed by atoms with Gasteiger partial charge in [0.15, 0.2) is 0 Å². The lowest BCUT2D eigenvalue weighted by atomic mass is 10.1. The van der Waals surface area contributed by atoms with Gasteiger partial charge in [0.2, 0.25) is 0 Å². The summed E-state index contributed by atoms with van der Waals surface area (Å²) < 4.78 is 0. The van der Waals surface area contributed by atoms with Crippen LogP contribution in [0.25, 0.3) is 0 Å². The summed E-state index contributed by atoms with van der Waals surface area (Å²) in [6.07, 6.45) is 15.3. The summed E-state index contributed by atoms with van der Waals surface area (Å²) in [5.41, 5.74) is 0. The largest absolute Gasteiger partial charge is 0.394 e. The summed E-state index contributed by atoms with van der Waals surface area (Å²) in [7, 11) is 0. The molecule has 1 aliphatic heterocycles. The van der Waals surface area contributed by atoms with E-state index < -0.39 is 6.10 Å². The van der Waals surface area contributed by atoms with E-state index in [1.54, 1.807) is 0 Å². The predicted octanol–water partition coefficient (Wildman–Crippen LogP) is 3.66. The molecule has 4 nitrogen and oxygen atoms in total. The number of hydrogen-bond acceptors (Lipinski definition) is 4. The number of rotatable bonds is 16. The third-order valence-corrected chi connectivity index (χ3v) is 5.52. The smallest absolute Gasteiger partial charge is 0.0771 e. The summed E-state index contributed by atoms with van der Waals surface area (Å²) in [5.74, 6) is 0. The van der Waals surface area contributed by atoms with Crippen molar-refractivity contribution in [2.75, 3.05) is 45.9 Å². The Labute approximate surface area is 156 Å². The van der Waals surface area contributed by atoms with Gasteiger partial charge in [-0.1, -0.05) is 64.7 Å². The zero-order valence-corrected chi connectivity index (χ0v) is 16.8. The molecule has 0 aromatic rings. The lowest BCUT2D eigenvalue weighted by molar-refractivity contribution is 0.0784. The Morgan fingerprint density at radius 3 is 1.60 bits per heavy atom. The van der Waals surface area contributed by atoms with E-state index in [-0.39, 0.29) is 6.61 Å². The van der Waals surface area contributed by atoms with Crippen molar-refractivity contribution in [3.05, 3.63) is 0 Å². The van der Waals surface area contributed by atoms with Crippen LogP contribution in [0.3, 0.4) is 0 Å². The molecular formula is C21H44N2O2. The van der Waals surface area contributed by atoms with Crippen LogP contribution >= 0.6 is 0 Å². The Morgan fingerprint density at radius 1 is 0.680 bits per heavy atom. The first-order valence-corrected chi connectivity index (χ1v) is 11.0. The van der Waals surface area contributed by atoms with Gasteiger partial charge in [0.25, 0.3) is 0 Å². The quantitative estimate of drug-likeness (QED) is 0.414. The minimum atomic E-state index is -0.530. The van der Waals surface area contributed by atoms with E-state index in [2.05, 4.69) is 16.7 Å². The second-order valence-corrected chi connectivity index (χ2v) is 7.84. The van der Waals surface area contributed by atoms with E-state index in [0.717, 1.165) is 32.5 Å². The fraction of sp³-hybridized carbons (Fsp3) is 1.00. The van der Waals surface area contributed by atoms with Crippen LogP contribution in [0.5, 0.6) is 0 Å². The van der Waals surface area contributed by atoms with Gasteiger partial charge in [0, 0.05) is 26.2 Å². The molecule has 1 fully saturated rings. The van der Waals surface area contributed by atoms with Crippen LogP contribution in [0.15, 0.2) is 0 Å². The molecule has 0 radical (unpaired) electrons. The summed E-state index contributed by atoms with van der Waals surface area (Å²) in [6, 6.07) is 0. The monoisotopic (exact) mass is 356 g/mol. The molecule has 0 saturated carbocycles. The normalized spacial score (nSPS) is 17.9. The van der Waals surface area contributed by atoms with Crippen molar-refractivity contribution < 1.29 is 10.2 Å². The molecule has 4 heteroatoms. The average Bonchev–Trinajstić information content (AvgIpc) is 2.64. The maximum Gasteiger partial charge on any atom is 0.0771 e. The van der Waals surface area contributed by atoms with Crippen molar-refractivity contribution in [2.45, 2.75) is 90.1 Å². The first-order chi connectivity index (χ1) is 12.3. The molecule has 1 unspecified atom stereocenters. The minimum Gasteiger partial charge on any atom is -0.394 e. The van der Waals surface area contributed by atoms with E-state index in [1.165, 1.54) is 83.8 Å². The van der Waals surface area contributed by atoms with Gasteiger partial charge in [0.05, 0.1) is 12.7 Å². The molecule has 150 valence electrons. The van der Waals surface area contributed by atoms with Crippen molar-refractivity contribution in [3.63, 3.8) is 0 Å². The highest BCUT2D eigenvalue weighted by atomic mass is 16.3. The Balaban J connectivity index is 1.86. The molecule has 1 rings (SSSR count). The topological polar surface area (TPSA) is 46.9 Å². The number of unbranched alkanes of at least 4 members (excludes halogenated alkanes) is 9. The molecule has 2 N–H and O–H groups in total. The van der Waals surface area contributed by atoms with Crippen LogP contribution in [0.4, 0.5) is 0 Å². The second-order valence-electron chi connectivity index (χ2n) is 7.84. The lowest BCUT2D eigenvalue weighted by Gasteiger charge is -2.34. The molecule has 1 atom stereocenters. The third kappa shape index (κ3) is 12.8. The van der Waals surface area contributed by atoms with Gasteiger partial charge in [-0.05, 0) is 32.4 Å². The highest BCUT2D eigenvalue weighted by Crippen LogP contribution is 2.11. The number of nitrogens with zero attached hydrogens (tertiary/aromatic N) is 2. The van der Waals surface area contributed by atoms with E-state index in [9.17, 15) is 5.11 Å². The Hall–Kier alpha value is -0.160. The fourth-order valence-corrected chi connectivity index (χ4v) is 3.70. The molecule has 1 aliphatic rings. The van der Waals surface area contributed by atoms with Crippen LogP contribution < -0.4 is 0 Å². The van der Waals surface area contributed by atoms with Crippen LogP contribution in [-0.2, 0) is 0 Å². The van der Waals surface area contributed by atoms with Gasteiger partial charge in [-0.3, -0.25) is 0 Å². The molecule has 0 bridgehead atoms. The first kappa shape index (κ1) is 22.9. The SMILES string of the molecule is CCCCCCCCCCCCN1CCN(CCCC(O)CO)CC1. The fourth-order valence-electron chi connectivity index (χ4n) is 3.70. The second kappa shape index (κ2) is 16.0. The minimum absolute atomic E-state index is 0.105. The van der Waals surface area contributed by atoms with E-state index in [0.29, 0.717) is 0 Å². The van der Waals surface area contributed by atoms with Crippen molar-refractivity contribution in [1.29, 1.82) is 0 Å². The summed E-state index contributed by atoms with van der Waals surface area (Å²) in [4.78, 5) is 5.11. The van der Waals surface area contributed by atoms with E-state index >= 15 is 0 Å². The van der Waals surface area contributed by atoms with Gasteiger partial charge >= 0.3 is 0 Å². The Morgan fingerprint density at radius 2 is 1.12 bits per heavy atom. The zero-order valence-electron chi connectivity index (χ0n) is 16.8. The van der Waals surface area contributed by atoms with Gasteiger partial charge in [-0.25, -0.2) is 0 Å². The number of piperazine rings is 1. The van der Waals surface area contributed by atoms with Crippen LogP contribution in [0.2, 0.25) is 0 Å². The van der Waals surface area contributed by atoms with Gasteiger partial charge in [-0.15, -0.1) is 0 Å². The lowest BCUT2D eigenvalue weighted by Crippen LogP contribution is -2.46. The van der Waals surface area contributed by atoms with E-state index in [4.69, 9.17) is 5.11 Å². The average molecular weight is 357 g/mol. The zero-order chi connectivity index (χ0) is 18.2. The number of hydrogen-bond donors (Lipinski definition) is 2. The van der Waals surface area contributed by atoms with Crippen molar-refractivity contribution >= 4 is 0 Å². The molecule has 1 saturated heterocycles. The molecule has 1 heterocycles.